The van der Waals surface area contributed by atoms with Crippen LogP contribution in [0, 0.1) is 0 Å². The number of rotatable bonds is 16. The Morgan fingerprint density at radius 2 is 0.631 bits per heavy atom. The molecule has 4 heterocycles. The molecule has 16 rings (SSSR count). The van der Waals surface area contributed by atoms with Crippen molar-refractivity contribution < 1.29 is 90.9 Å². The fraction of sp³-hybridized carbons (Fsp3) is 0.500. The molecule has 0 fully saturated rings. The van der Waals surface area contributed by atoms with Gasteiger partial charge >= 0.3 is 24.1 Å². The Labute approximate surface area is 729 Å². The zero-order chi connectivity index (χ0) is 88.0. The first-order valence-corrected chi connectivity index (χ1v) is 49.7. The molecule has 122 heavy (non-hydrogen) atoms. The Morgan fingerprint density at radius 3 is 0.975 bits per heavy atom. The van der Waals surface area contributed by atoms with Crippen molar-refractivity contribution in [3.63, 3.8) is 0 Å². The van der Waals surface area contributed by atoms with E-state index in [0.29, 0.717) is 121 Å². The predicted octanol–water partition coefficient (Wildman–Crippen LogP) is 17.7. The van der Waals surface area contributed by atoms with E-state index >= 15 is 0 Å². The van der Waals surface area contributed by atoms with Crippen LogP contribution in [0.2, 0.25) is 0 Å². The molecule has 4 aromatic carbocycles. The topological polar surface area (TPSA) is 435 Å². The van der Waals surface area contributed by atoms with Gasteiger partial charge in [-0.1, -0.05) is 106 Å². The Balaban J connectivity index is 0.000000140. The van der Waals surface area contributed by atoms with Gasteiger partial charge in [0.2, 0.25) is 20.4 Å². The maximum atomic E-state index is 12.9. The third kappa shape index (κ3) is 20.3. The van der Waals surface area contributed by atoms with Crippen LogP contribution in [-0.4, -0.2) is 78.2 Å². The number of sulfonamides is 4. The molecule has 8 amide bonds. The lowest BCUT2D eigenvalue weighted by Crippen LogP contribution is -2.35. The lowest BCUT2D eigenvalue weighted by atomic mass is 9.85. The summed E-state index contributed by atoms with van der Waals surface area (Å²) in [5.41, 5.74) is 15.6. The number of hydrogen-bond acceptors (Lipinski definition) is 20. The highest BCUT2D eigenvalue weighted by atomic mass is 79.9. The average Bonchev–Trinajstić information content (AvgIpc) is 1.63. The molecule has 4 aromatic heterocycles. The van der Waals surface area contributed by atoms with Crippen molar-refractivity contribution in [2.75, 3.05) is 21.3 Å². The minimum Gasteiger partial charge on any atom is -0.447 e. The molecule has 4 atom stereocenters. The summed E-state index contributed by atoms with van der Waals surface area (Å²) in [6.45, 7) is 19.3. The van der Waals surface area contributed by atoms with Crippen LogP contribution >= 0.6 is 31.9 Å². The maximum Gasteiger partial charge on any atom is 0.333 e. The molecule has 0 spiro atoms. The van der Waals surface area contributed by atoms with Crippen LogP contribution < -0.4 is 40.2 Å². The van der Waals surface area contributed by atoms with Crippen molar-refractivity contribution in [1.82, 2.24) is 18.9 Å². The summed E-state index contributed by atoms with van der Waals surface area (Å²) in [5.74, 6) is 2.31. The van der Waals surface area contributed by atoms with Crippen LogP contribution in [0.1, 0.15) is 307 Å². The zero-order valence-corrected chi connectivity index (χ0v) is 76.8. The summed E-state index contributed by atoms with van der Waals surface area (Å²) in [6, 6.07) is 14.2. The minimum atomic E-state index is -4.25. The molecule has 0 saturated heterocycles. The Morgan fingerprint density at radius 1 is 0.352 bits per heavy atom. The van der Waals surface area contributed by atoms with Crippen molar-refractivity contribution in [3.05, 3.63) is 182 Å². The number of halogens is 2. The number of benzene rings is 4. The fourth-order valence-electron chi connectivity index (χ4n) is 18.0. The molecular formula is C88H110Br2N8O20S4. The Bertz CT molecular complexity index is 5740. The molecule has 12 N–H and O–H groups in total. The van der Waals surface area contributed by atoms with E-state index in [1.54, 1.807) is 13.8 Å². The summed E-state index contributed by atoms with van der Waals surface area (Å²) in [7, 11) is -16.8. The molecule has 8 aromatic rings. The van der Waals surface area contributed by atoms with E-state index in [4.69, 9.17) is 17.7 Å². The summed E-state index contributed by atoms with van der Waals surface area (Å²) in [6.07, 6.45) is 19.5. The second kappa shape index (κ2) is 36.7. The van der Waals surface area contributed by atoms with Gasteiger partial charge in [0.15, 0.2) is 0 Å². The van der Waals surface area contributed by atoms with Crippen molar-refractivity contribution in [1.29, 1.82) is 0 Å². The number of furan rings is 4. The number of carbonyl (C=O) groups excluding carboxylic acids is 4. The van der Waals surface area contributed by atoms with Gasteiger partial charge in [0.05, 0.1) is 23.4 Å². The lowest BCUT2D eigenvalue weighted by Gasteiger charge is -2.26. The quantitative estimate of drug-likeness (QED) is 0.0400. The zero-order valence-electron chi connectivity index (χ0n) is 70.3. The van der Waals surface area contributed by atoms with Gasteiger partial charge in [0.1, 0.15) is 23.0 Å². The van der Waals surface area contributed by atoms with Crippen LogP contribution in [0.5, 0.6) is 0 Å². The molecule has 8 aliphatic carbocycles. The standard InChI is InChI=1S/C23H28N2O5S.C22H29BrN2O5S.C22H26N2O5S.C21H27BrN2O5S/c1-23(27)11-3-2-10-19-18(23)13-20(30-19)31(28,29)25-22(26)24-21-16-8-4-6-14(16)12-15-7-5-9-17(15)21;1-12(2)15-9-14(23)10-16(13(3)4)20(15)24-21(26)25-31(28,29)19-11-17-18(30-19)7-6-8-22(17,5)27;25-18-9-1-2-10-19-17(18)12-20(29-19)30(27,28)24-22(26)23-21-15-7-3-5-13(15)11-14-6-4-8-16(14)21;1-11(2)14-8-13(22)9-15(12(3)4)20(14)23-21(26)24-30(27,28)19-10-16-17(25)6-5-7-18(16)29-19/h12-13,27H,2-11H2,1H3,(H2,24,25,26);9-13,27H,6-8H2,1-5H3,(H2,24,25,26);11-12,18,25H,1-10H2,(H2,23,24,26);8-12,17,25H,5-7H2,1-4H3,(H2,23,24,26). The van der Waals surface area contributed by atoms with E-state index in [0.717, 1.165) is 168 Å². The molecule has 0 aliphatic heterocycles. The Kier molecular flexibility index (Phi) is 27.5. The third-order valence-corrected chi connectivity index (χ3v) is 29.8. The van der Waals surface area contributed by atoms with Crippen LogP contribution in [0.15, 0.2) is 108 Å². The SMILES string of the molecule is CC(C)c1cc(Br)cc(C(C)C)c1NC(=O)NS(=O)(=O)c1cc2c(o1)CCCC2(C)O.CC(C)c1cc(Br)cc(C(C)C)c1NC(=O)NS(=O)(=O)c1cc2c(o1)CCCC2O.CC1(O)CCCCc2oc(S(=O)(=O)NC(=O)Nc3c4c(cc5c3CCC5)CCC4)cc21.O=C(Nc1c2c(cc3c1CCC3)CCC2)NS(=O)(=O)c1cc2c(o1)CCCCC2O. The molecule has 0 radical (unpaired) electrons. The van der Waals surface area contributed by atoms with Gasteiger partial charge in [0.25, 0.3) is 40.1 Å². The Hall–Kier alpha value is -8.32. The maximum absolute atomic E-state index is 12.9. The number of hydrogen-bond donors (Lipinski definition) is 12. The number of aliphatic hydroxyl groups is 4. The molecule has 8 aliphatic rings. The number of aryl methyl sites for hydroxylation is 8. The number of amides is 8. The average molecular weight is 1890 g/mol. The van der Waals surface area contributed by atoms with E-state index in [9.17, 15) is 73.3 Å². The van der Waals surface area contributed by atoms with Gasteiger partial charge in [-0.3, -0.25) is 0 Å². The van der Waals surface area contributed by atoms with Crippen LogP contribution in [0.25, 0.3) is 0 Å². The molecular weight excluding hydrogens is 1780 g/mol. The second-order valence-corrected chi connectivity index (χ2v) is 43.0. The lowest BCUT2D eigenvalue weighted by molar-refractivity contribution is 0.0362. The molecule has 0 bridgehead atoms. The van der Waals surface area contributed by atoms with Crippen LogP contribution in [0.3, 0.4) is 0 Å². The normalized spacial score (nSPS) is 19.5. The van der Waals surface area contributed by atoms with Gasteiger partial charge in [0, 0.05) is 104 Å². The van der Waals surface area contributed by atoms with Gasteiger partial charge in [-0.2, -0.15) is 33.7 Å². The summed E-state index contributed by atoms with van der Waals surface area (Å²) >= 11 is 7.01. The van der Waals surface area contributed by atoms with Crippen LogP contribution in [0.4, 0.5) is 41.9 Å². The summed E-state index contributed by atoms with van der Waals surface area (Å²) < 4.78 is 134. The van der Waals surface area contributed by atoms with E-state index in [1.165, 1.54) is 46.5 Å². The first kappa shape index (κ1) is 91.4. The summed E-state index contributed by atoms with van der Waals surface area (Å²) in [4.78, 5) is 50.7. The van der Waals surface area contributed by atoms with Gasteiger partial charge < -0.3 is 59.4 Å². The number of nitrogens with one attached hydrogen (secondary N) is 8. The van der Waals surface area contributed by atoms with Gasteiger partial charge in [-0.25, -0.2) is 38.1 Å². The number of urea groups is 4. The third-order valence-electron chi connectivity index (χ3n) is 24.2. The smallest absolute Gasteiger partial charge is 0.333 e. The van der Waals surface area contributed by atoms with Crippen molar-refractivity contribution in [3.8, 4) is 0 Å². The number of fused-ring (bicyclic) bond motifs is 8. The first-order valence-electron chi connectivity index (χ1n) is 42.1. The highest BCUT2D eigenvalue weighted by Gasteiger charge is 2.40. The molecule has 28 nitrogen and oxygen atoms in total. The number of aliphatic hydroxyl groups excluding tert-OH is 2. The van der Waals surface area contributed by atoms with Crippen LogP contribution in [-0.2, 0) is 128 Å². The highest BCUT2D eigenvalue weighted by Crippen LogP contribution is 2.45. The van der Waals surface area contributed by atoms with Gasteiger partial charge in [-0.15, -0.1) is 0 Å². The van der Waals surface area contributed by atoms with Crippen molar-refractivity contribution in [2.24, 2.45) is 0 Å². The predicted molar refractivity (Wildman–Crippen MR) is 468 cm³/mol. The fourth-order valence-corrected chi connectivity index (χ4v) is 22.5. The first-order chi connectivity index (χ1) is 57.5. The van der Waals surface area contributed by atoms with E-state index in [-0.39, 0.29) is 44.0 Å². The molecule has 660 valence electrons. The van der Waals surface area contributed by atoms with E-state index in [2.05, 4.69) is 74.7 Å². The minimum absolute atomic E-state index is 0.112. The molecule has 0 saturated carbocycles. The van der Waals surface area contributed by atoms with E-state index in [1.807, 2.05) is 89.1 Å². The number of carbonyl (C=O) groups is 4. The van der Waals surface area contributed by atoms with Crippen molar-refractivity contribution >= 4 is 119 Å². The number of anilines is 4. The summed E-state index contributed by atoms with van der Waals surface area (Å²) in [5, 5.41) is 51.2. The molecule has 4 unspecified atom stereocenters. The van der Waals surface area contributed by atoms with Crippen molar-refractivity contribution in [2.45, 2.75) is 304 Å². The highest BCUT2D eigenvalue weighted by molar-refractivity contribution is 9.10. The molecule has 34 heteroatoms. The van der Waals surface area contributed by atoms with E-state index < -0.39 is 87.6 Å². The monoisotopic (exact) mass is 1880 g/mol. The largest absolute Gasteiger partial charge is 0.447 e. The van der Waals surface area contributed by atoms with Gasteiger partial charge in [-0.05, 0) is 263 Å². The second-order valence-electron chi connectivity index (χ2n) is 34.7.